The van der Waals surface area contributed by atoms with Crippen LogP contribution in [-0.2, 0) is 5.41 Å². The van der Waals surface area contributed by atoms with E-state index in [1.54, 1.807) is 0 Å². The van der Waals surface area contributed by atoms with Crippen LogP contribution in [0.4, 0.5) is 8.78 Å². The first-order valence-electron chi connectivity index (χ1n) is 5.96. The summed E-state index contributed by atoms with van der Waals surface area (Å²) in [7, 11) is 0. The fourth-order valence-electron chi connectivity index (χ4n) is 1.76. The molecular weight excluding hydrogens is 346 g/mol. The van der Waals surface area contributed by atoms with Crippen LogP contribution in [0.1, 0.15) is 26.5 Å². The summed E-state index contributed by atoms with van der Waals surface area (Å²) in [6, 6.07) is 3.64. The Balaban J connectivity index is 2.67. The maximum Gasteiger partial charge on any atom is 0.159 e. The molecule has 0 radical (unpaired) electrons. The number of nitrogens with zero attached hydrogens (tertiary/aromatic N) is 1. The van der Waals surface area contributed by atoms with Gasteiger partial charge in [0.05, 0.1) is 4.47 Å². The van der Waals surface area contributed by atoms with E-state index >= 15 is 0 Å². The van der Waals surface area contributed by atoms with Crippen molar-refractivity contribution in [2.75, 3.05) is 0 Å². The molecule has 0 aliphatic rings. The number of hydrogen-bond acceptors (Lipinski definition) is 2. The zero-order valence-corrected chi connectivity index (χ0v) is 13.6. The first-order valence-corrected chi connectivity index (χ1v) is 7.16. The Morgan fingerprint density at radius 3 is 2.40 bits per heavy atom. The lowest BCUT2D eigenvalue weighted by molar-refractivity contribution is 0.509. The van der Waals surface area contributed by atoms with Crippen molar-refractivity contribution in [1.29, 1.82) is 0 Å². The SMILES string of the molecule is CC(C)(C)c1[nH]c(-c2ccc(F)c(F)c2)nc(=S)c1Br. The van der Waals surface area contributed by atoms with Crippen LogP contribution in [0.5, 0.6) is 0 Å². The van der Waals surface area contributed by atoms with Gasteiger partial charge in [0.25, 0.3) is 0 Å². The molecule has 0 fully saturated rings. The highest BCUT2D eigenvalue weighted by Crippen LogP contribution is 2.30. The molecule has 6 heteroatoms. The molecule has 2 aromatic rings. The van der Waals surface area contributed by atoms with E-state index in [9.17, 15) is 8.78 Å². The summed E-state index contributed by atoms with van der Waals surface area (Å²) in [6.45, 7) is 6.06. The molecule has 0 spiro atoms. The lowest BCUT2D eigenvalue weighted by Gasteiger charge is -2.21. The van der Waals surface area contributed by atoms with Gasteiger partial charge in [-0.1, -0.05) is 33.0 Å². The lowest BCUT2D eigenvalue weighted by atomic mass is 9.92. The number of H-pyrrole nitrogens is 1. The number of halogens is 3. The molecule has 0 amide bonds. The van der Waals surface area contributed by atoms with Gasteiger partial charge in [0, 0.05) is 16.7 Å². The van der Waals surface area contributed by atoms with Gasteiger partial charge in [-0.15, -0.1) is 0 Å². The Labute approximate surface area is 129 Å². The summed E-state index contributed by atoms with van der Waals surface area (Å²) in [6.07, 6.45) is 0. The smallest absolute Gasteiger partial charge is 0.159 e. The quantitative estimate of drug-likeness (QED) is 0.714. The molecule has 106 valence electrons. The van der Waals surface area contributed by atoms with Gasteiger partial charge in [-0.05, 0) is 34.1 Å². The standard InChI is InChI=1S/C14H13BrF2N2S/c1-14(2,3)11-10(15)13(20)19-12(18-11)7-4-5-8(16)9(17)6-7/h4-6H,1-3H3,(H,18,19,20). The Bertz CT molecular complexity index is 720. The maximum absolute atomic E-state index is 13.3. The van der Waals surface area contributed by atoms with Crippen LogP contribution in [0.15, 0.2) is 22.7 Å². The van der Waals surface area contributed by atoms with Crippen molar-refractivity contribution >= 4 is 28.1 Å². The minimum absolute atomic E-state index is 0.192. The topological polar surface area (TPSA) is 28.7 Å². The largest absolute Gasteiger partial charge is 0.342 e. The highest BCUT2D eigenvalue weighted by atomic mass is 79.9. The van der Waals surface area contributed by atoms with E-state index in [1.165, 1.54) is 6.07 Å². The van der Waals surface area contributed by atoms with E-state index in [0.29, 0.717) is 20.5 Å². The fourth-order valence-corrected chi connectivity index (χ4v) is 2.73. The molecule has 1 aromatic carbocycles. The van der Waals surface area contributed by atoms with Crippen molar-refractivity contribution in [2.24, 2.45) is 0 Å². The summed E-state index contributed by atoms with van der Waals surface area (Å²) in [4.78, 5) is 7.35. The van der Waals surface area contributed by atoms with Gasteiger partial charge in [-0.3, -0.25) is 0 Å². The van der Waals surface area contributed by atoms with Crippen LogP contribution in [0.3, 0.4) is 0 Å². The molecule has 1 heterocycles. The first kappa shape index (κ1) is 15.3. The second-order valence-corrected chi connectivity index (χ2v) is 6.64. The van der Waals surface area contributed by atoms with E-state index in [2.05, 4.69) is 25.9 Å². The van der Waals surface area contributed by atoms with Crippen molar-refractivity contribution in [3.63, 3.8) is 0 Å². The number of hydrogen-bond donors (Lipinski definition) is 1. The van der Waals surface area contributed by atoms with Gasteiger partial charge >= 0.3 is 0 Å². The van der Waals surface area contributed by atoms with Crippen LogP contribution in [-0.4, -0.2) is 9.97 Å². The summed E-state index contributed by atoms with van der Waals surface area (Å²) < 4.78 is 27.4. The predicted molar refractivity (Wildman–Crippen MR) is 81.2 cm³/mol. The zero-order valence-electron chi connectivity index (χ0n) is 11.2. The molecule has 2 rings (SSSR count). The zero-order chi connectivity index (χ0) is 15.1. The molecule has 0 atom stereocenters. The number of rotatable bonds is 1. The van der Waals surface area contributed by atoms with Crippen LogP contribution in [0.2, 0.25) is 0 Å². The van der Waals surface area contributed by atoms with E-state index in [-0.39, 0.29) is 5.41 Å². The van der Waals surface area contributed by atoms with Crippen molar-refractivity contribution in [2.45, 2.75) is 26.2 Å². The molecule has 0 aliphatic carbocycles. The molecule has 0 saturated carbocycles. The molecule has 0 aliphatic heterocycles. The third-order valence-electron chi connectivity index (χ3n) is 2.81. The van der Waals surface area contributed by atoms with Gasteiger partial charge in [-0.25, -0.2) is 13.8 Å². The highest BCUT2D eigenvalue weighted by molar-refractivity contribution is 9.10. The molecule has 0 bridgehead atoms. The minimum Gasteiger partial charge on any atom is -0.342 e. The van der Waals surface area contributed by atoms with Crippen LogP contribution in [0, 0.1) is 16.3 Å². The molecule has 0 unspecified atom stereocenters. The van der Waals surface area contributed by atoms with E-state index in [4.69, 9.17) is 12.2 Å². The van der Waals surface area contributed by atoms with Crippen molar-refractivity contribution < 1.29 is 8.78 Å². The summed E-state index contributed by atoms with van der Waals surface area (Å²) in [5.41, 5.74) is 1.12. The third kappa shape index (κ3) is 2.96. The van der Waals surface area contributed by atoms with Gasteiger partial charge in [0.15, 0.2) is 11.6 Å². The van der Waals surface area contributed by atoms with E-state index < -0.39 is 11.6 Å². The second-order valence-electron chi connectivity index (χ2n) is 5.46. The molecule has 2 nitrogen and oxygen atoms in total. The molecule has 0 saturated heterocycles. The number of benzene rings is 1. The van der Waals surface area contributed by atoms with Gasteiger partial charge in [-0.2, -0.15) is 0 Å². The summed E-state index contributed by atoms with van der Waals surface area (Å²) >= 11 is 8.63. The lowest BCUT2D eigenvalue weighted by Crippen LogP contribution is -2.16. The van der Waals surface area contributed by atoms with Crippen LogP contribution >= 0.6 is 28.1 Å². The van der Waals surface area contributed by atoms with E-state index in [0.717, 1.165) is 17.8 Å². The minimum atomic E-state index is -0.913. The number of nitrogens with one attached hydrogen (secondary N) is 1. The van der Waals surface area contributed by atoms with Gasteiger partial charge in [0.2, 0.25) is 0 Å². The summed E-state index contributed by atoms with van der Waals surface area (Å²) in [5.74, 6) is -1.38. The Hall–Kier alpha value is -1.14. The Morgan fingerprint density at radius 2 is 1.85 bits per heavy atom. The maximum atomic E-state index is 13.3. The molecule has 20 heavy (non-hydrogen) atoms. The second kappa shape index (κ2) is 5.33. The van der Waals surface area contributed by atoms with Crippen LogP contribution in [0.25, 0.3) is 11.4 Å². The van der Waals surface area contributed by atoms with Gasteiger partial charge < -0.3 is 4.98 Å². The van der Waals surface area contributed by atoms with Crippen molar-refractivity contribution in [3.05, 3.63) is 44.6 Å². The average Bonchev–Trinajstić information content (AvgIpc) is 2.34. The third-order valence-corrected chi connectivity index (χ3v) is 4.14. The van der Waals surface area contributed by atoms with Crippen molar-refractivity contribution in [3.8, 4) is 11.4 Å². The number of aromatic amines is 1. The molecule has 1 aromatic heterocycles. The fraction of sp³-hybridized carbons (Fsp3) is 0.286. The normalized spacial score (nSPS) is 11.7. The Morgan fingerprint density at radius 1 is 1.20 bits per heavy atom. The molecule has 1 N–H and O–H groups in total. The Kier molecular flexibility index (Phi) is 4.07. The van der Waals surface area contributed by atoms with Gasteiger partial charge in [0.1, 0.15) is 10.5 Å². The van der Waals surface area contributed by atoms with E-state index in [1.807, 2.05) is 20.8 Å². The molecular formula is C14H13BrF2N2S. The first-order chi connectivity index (χ1) is 9.20. The highest BCUT2D eigenvalue weighted by Gasteiger charge is 2.20. The van der Waals surface area contributed by atoms with Crippen LogP contribution < -0.4 is 0 Å². The number of aromatic nitrogens is 2. The summed E-state index contributed by atoms with van der Waals surface area (Å²) in [5, 5.41) is 0. The average molecular weight is 359 g/mol. The van der Waals surface area contributed by atoms with Crippen molar-refractivity contribution in [1.82, 2.24) is 9.97 Å². The monoisotopic (exact) mass is 358 g/mol. The predicted octanol–water partition coefficient (Wildman–Crippen LogP) is 5.14.